The summed E-state index contributed by atoms with van der Waals surface area (Å²) in [4.78, 5) is 13.6. The summed E-state index contributed by atoms with van der Waals surface area (Å²) >= 11 is 8.26. The molecule has 1 saturated heterocycles. The van der Waals surface area contributed by atoms with E-state index < -0.39 is 0 Å². The number of carbonyl (C=O) groups is 1. The van der Waals surface area contributed by atoms with Crippen LogP contribution in [-0.4, -0.2) is 18.2 Å². The quantitative estimate of drug-likeness (QED) is 0.330. The van der Waals surface area contributed by atoms with E-state index in [2.05, 4.69) is 48.6 Å². The SMILES string of the molecule is CCC1(CCCc2ccc(Sc3cccc(OCc4ccccc4)c3)cc2Cl)COC(=O)N1. The molecule has 6 heteroatoms. The van der Waals surface area contributed by atoms with E-state index in [1.807, 2.05) is 36.4 Å². The monoisotopic (exact) mass is 481 g/mol. The molecular formula is C27H28ClNO3S. The van der Waals surface area contributed by atoms with Gasteiger partial charge in [0, 0.05) is 14.8 Å². The van der Waals surface area contributed by atoms with Gasteiger partial charge in [-0.2, -0.15) is 0 Å². The van der Waals surface area contributed by atoms with E-state index >= 15 is 0 Å². The van der Waals surface area contributed by atoms with Gasteiger partial charge in [-0.15, -0.1) is 0 Å². The standard InChI is InChI=1S/C27H28ClNO3S/c1-2-27(19-32-26(30)29-27)15-7-10-21-13-14-24(17-25(21)28)33-23-12-6-11-22(16-23)31-18-20-8-4-3-5-9-20/h3-6,8-9,11-14,16-17H,2,7,10,15,18-19H2,1H3,(H,29,30). The number of halogens is 1. The van der Waals surface area contributed by atoms with Crippen LogP contribution in [0.25, 0.3) is 0 Å². The van der Waals surface area contributed by atoms with Crippen LogP contribution in [0.5, 0.6) is 5.75 Å². The molecule has 1 fully saturated rings. The average molecular weight is 482 g/mol. The number of benzene rings is 3. The van der Waals surface area contributed by atoms with Gasteiger partial charge in [0.15, 0.2) is 0 Å². The van der Waals surface area contributed by atoms with Gasteiger partial charge in [-0.25, -0.2) is 4.79 Å². The van der Waals surface area contributed by atoms with E-state index in [0.717, 1.165) is 57.4 Å². The van der Waals surface area contributed by atoms with Crippen molar-refractivity contribution >= 4 is 29.5 Å². The molecule has 1 amide bonds. The molecule has 0 bridgehead atoms. The maximum atomic E-state index is 11.5. The van der Waals surface area contributed by atoms with Gasteiger partial charge in [0.2, 0.25) is 0 Å². The van der Waals surface area contributed by atoms with Crippen molar-refractivity contribution in [2.75, 3.05) is 6.61 Å². The Morgan fingerprint density at radius 1 is 1.06 bits per heavy atom. The van der Waals surface area contributed by atoms with Crippen molar-refractivity contribution in [2.24, 2.45) is 0 Å². The fourth-order valence-corrected chi connectivity index (χ4v) is 5.16. The molecule has 3 aromatic rings. The first-order valence-electron chi connectivity index (χ1n) is 11.2. The Balaban J connectivity index is 1.32. The van der Waals surface area contributed by atoms with E-state index in [-0.39, 0.29) is 11.6 Å². The zero-order chi connectivity index (χ0) is 23.1. The van der Waals surface area contributed by atoms with E-state index in [9.17, 15) is 4.79 Å². The van der Waals surface area contributed by atoms with Crippen LogP contribution >= 0.6 is 23.4 Å². The molecule has 1 N–H and O–H groups in total. The summed E-state index contributed by atoms with van der Waals surface area (Å²) in [6, 6.07) is 24.5. The predicted molar refractivity (Wildman–Crippen MR) is 133 cm³/mol. The minimum atomic E-state index is -0.314. The first kappa shape index (κ1) is 23.5. The van der Waals surface area contributed by atoms with E-state index in [1.54, 1.807) is 11.8 Å². The maximum absolute atomic E-state index is 11.5. The molecule has 3 aromatic carbocycles. The number of amides is 1. The molecule has 0 aromatic heterocycles. The number of hydrogen-bond acceptors (Lipinski definition) is 4. The van der Waals surface area contributed by atoms with Gasteiger partial charge < -0.3 is 14.8 Å². The van der Waals surface area contributed by atoms with Crippen LogP contribution in [0.1, 0.15) is 37.3 Å². The van der Waals surface area contributed by atoms with Crippen LogP contribution in [0.2, 0.25) is 5.02 Å². The number of rotatable bonds is 10. The normalized spacial score (nSPS) is 17.5. The lowest BCUT2D eigenvalue weighted by Gasteiger charge is -2.24. The van der Waals surface area contributed by atoms with E-state index in [1.165, 1.54) is 0 Å². The molecular weight excluding hydrogens is 454 g/mol. The molecule has 1 atom stereocenters. The van der Waals surface area contributed by atoms with Gasteiger partial charge in [-0.05, 0) is 67.1 Å². The van der Waals surface area contributed by atoms with Crippen LogP contribution in [0.3, 0.4) is 0 Å². The van der Waals surface area contributed by atoms with Gasteiger partial charge in [-0.3, -0.25) is 0 Å². The van der Waals surface area contributed by atoms with Crippen molar-refractivity contribution in [1.82, 2.24) is 5.32 Å². The lowest BCUT2D eigenvalue weighted by Crippen LogP contribution is -2.42. The minimum Gasteiger partial charge on any atom is -0.489 e. The highest BCUT2D eigenvalue weighted by molar-refractivity contribution is 7.99. The highest BCUT2D eigenvalue weighted by atomic mass is 35.5. The van der Waals surface area contributed by atoms with Crippen LogP contribution in [-0.2, 0) is 17.8 Å². The number of aryl methyl sites for hydroxylation is 1. The number of nitrogens with one attached hydrogen (secondary N) is 1. The van der Waals surface area contributed by atoms with Gasteiger partial charge in [0.25, 0.3) is 0 Å². The average Bonchev–Trinajstić information content (AvgIpc) is 3.21. The molecule has 172 valence electrons. The van der Waals surface area contributed by atoms with Gasteiger partial charge in [-0.1, -0.05) is 72.8 Å². The third-order valence-electron chi connectivity index (χ3n) is 5.94. The summed E-state index contributed by atoms with van der Waals surface area (Å²) in [7, 11) is 0. The summed E-state index contributed by atoms with van der Waals surface area (Å²) in [5.74, 6) is 0.847. The summed E-state index contributed by atoms with van der Waals surface area (Å²) in [6.07, 6.45) is 3.22. The number of hydrogen-bond donors (Lipinski definition) is 1. The molecule has 4 nitrogen and oxygen atoms in total. The second kappa shape index (κ2) is 11.0. The number of ether oxygens (including phenoxy) is 2. The molecule has 1 unspecified atom stereocenters. The lowest BCUT2D eigenvalue weighted by atomic mass is 9.90. The van der Waals surface area contributed by atoms with Gasteiger partial charge in [0.1, 0.15) is 19.0 Å². The highest BCUT2D eigenvalue weighted by Gasteiger charge is 2.37. The largest absolute Gasteiger partial charge is 0.489 e. The molecule has 1 aliphatic rings. The fraction of sp³-hybridized carbons (Fsp3) is 0.296. The van der Waals surface area contributed by atoms with Crippen LogP contribution < -0.4 is 10.1 Å². The number of alkyl carbamates (subject to hydrolysis) is 1. The molecule has 1 aliphatic heterocycles. The first-order valence-corrected chi connectivity index (χ1v) is 12.4. The zero-order valence-corrected chi connectivity index (χ0v) is 20.3. The summed E-state index contributed by atoms with van der Waals surface area (Å²) in [5.41, 5.74) is 2.02. The second-order valence-electron chi connectivity index (χ2n) is 8.29. The van der Waals surface area contributed by atoms with E-state index in [0.29, 0.717) is 13.2 Å². The van der Waals surface area contributed by atoms with Crippen molar-refractivity contribution in [2.45, 2.75) is 54.5 Å². The first-order chi connectivity index (χ1) is 16.0. The Hall–Kier alpha value is -2.63. The summed E-state index contributed by atoms with van der Waals surface area (Å²) < 4.78 is 11.1. The Morgan fingerprint density at radius 3 is 2.61 bits per heavy atom. The summed E-state index contributed by atoms with van der Waals surface area (Å²) in [6.45, 7) is 3.07. The molecule has 1 heterocycles. The topological polar surface area (TPSA) is 47.6 Å². The van der Waals surface area contributed by atoms with Crippen molar-refractivity contribution in [3.8, 4) is 5.75 Å². The molecule has 0 saturated carbocycles. The summed E-state index contributed by atoms with van der Waals surface area (Å²) in [5, 5.41) is 3.74. The maximum Gasteiger partial charge on any atom is 0.407 e. The lowest BCUT2D eigenvalue weighted by molar-refractivity contribution is 0.170. The van der Waals surface area contributed by atoms with Crippen LogP contribution in [0.4, 0.5) is 4.79 Å². The van der Waals surface area contributed by atoms with Crippen LogP contribution in [0, 0.1) is 0 Å². The third kappa shape index (κ3) is 6.46. The molecule has 0 radical (unpaired) electrons. The molecule has 33 heavy (non-hydrogen) atoms. The highest BCUT2D eigenvalue weighted by Crippen LogP contribution is 2.33. The van der Waals surface area contributed by atoms with Gasteiger partial charge >= 0.3 is 6.09 Å². The molecule has 0 aliphatic carbocycles. The molecule has 0 spiro atoms. The van der Waals surface area contributed by atoms with Crippen molar-refractivity contribution < 1.29 is 14.3 Å². The van der Waals surface area contributed by atoms with Crippen molar-refractivity contribution in [3.05, 3.63) is 88.9 Å². The Labute approximate surface area is 204 Å². The minimum absolute atomic E-state index is 0.243. The van der Waals surface area contributed by atoms with Crippen molar-refractivity contribution in [3.63, 3.8) is 0 Å². The number of carbonyl (C=O) groups excluding carboxylic acids is 1. The Morgan fingerprint density at radius 2 is 1.88 bits per heavy atom. The van der Waals surface area contributed by atoms with Crippen molar-refractivity contribution in [1.29, 1.82) is 0 Å². The zero-order valence-electron chi connectivity index (χ0n) is 18.7. The fourth-order valence-electron chi connectivity index (χ4n) is 3.91. The smallest absolute Gasteiger partial charge is 0.407 e. The second-order valence-corrected chi connectivity index (χ2v) is 9.85. The Bertz CT molecular complexity index is 1090. The molecule has 4 rings (SSSR count). The van der Waals surface area contributed by atoms with Crippen LogP contribution in [0.15, 0.2) is 82.6 Å². The number of cyclic esters (lactones) is 1. The predicted octanol–water partition coefficient (Wildman–Crippen LogP) is 7.28. The van der Waals surface area contributed by atoms with Gasteiger partial charge in [0.05, 0.1) is 5.54 Å². The third-order valence-corrected chi connectivity index (χ3v) is 7.27. The van der Waals surface area contributed by atoms with E-state index in [4.69, 9.17) is 21.1 Å². The Kier molecular flexibility index (Phi) is 7.84.